The lowest BCUT2D eigenvalue weighted by Gasteiger charge is -2.38. The van der Waals surface area contributed by atoms with E-state index in [2.05, 4.69) is 47.2 Å². The molecule has 1 N–H and O–H groups in total. The Kier molecular flexibility index (Phi) is 13.1. The summed E-state index contributed by atoms with van der Waals surface area (Å²) in [7, 11) is 6.56. The monoisotopic (exact) mass is 579 g/mol. The molecule has 2 aromatic carbocycles. The molecule has 7 nitrogen and oxygen atoms in total. The number of aryl methyl sites for hydroxylation is 1. The highest BCUT2D eigenvalue weighted by molar-refractivity contribution is 9.09. The molecule has 2 rings (SSSR count). The molecule has 1 atom stereocenters. The first-order valence-electron chi connectivity index (χ1n) is 12.7. The molecule has 0 bridgehead atoms. The second-order valence-corrected chi connectivity index (χ2v) is 9.88. The van der Waals surface area contributed by atoms with Crippen LogP contribution in [0.15, 0.2) is 36.4 Å². The third-order valence-corrected chi connectivity index (χ3v) is 7.36. The maximum Gasteiger partial charge on any atom is 0.316 e. The SMILES string of the molecule is COc1ccc(CCCNCCCC(COC(=O)CBr)(c2ccc(OC)c(OC)c2)C(C)C)cc1OC. The molecule has 0 radical (unpaired) electrons. The van der Waals surface area contributed by atoms with Crippen molar-refractivity contribution in [1.82, 2.24) is 5.32 Å². The van der Waals surface area contributed by atoms with Crippen LogP contribution in [0.2, 0.25) is 0 Å². The molecule has 0 amide bonds. The minimum Gasteiger partial charge on any atom is -0.493 e. The van der Waals surface area contributed by atoms with Crippen LogP contribution in [-0.2, 0) is 21.4 Å². The zero-order valence-corrected chi connectivity index (χ0v) is 24.6. The molecule has 206 valence electrons. The van der Waals surface area contributed by atoms with Crippen LogP contribution in [0.3, 0.4) is 0 Å². The standard InChI is InChI=1S/C29H42BrNO6/c1-21(2)29(20-37-28(32)19-30,23-11-13-25(34-4)27(18-23)36-6)14-8-16-31-15-7-9-22-10-12-24(33-3)26(17-22)35-5/h10-13,17-18,21,31H,7-9,14-16,19-20H2,1-6H3. The van der Waals surface area contributed by atoms with Gasteiger partial charge in [0.1, 0.15) is 11.9 Å². The van der Waals surface area contributed by atoms with Gasteiger partial charge in [-0.1, -0.05) is 41.9 Å². The van der Waals surface area contributed by atoms with Gasteiger partial charge in [0.15, 0.2) is 23.0 Å². The quantitative estimate of drug-likeness (QED) is 0.149. The topological polar surface area (TPSA) is 75.3 Å². The summed E-state index contributed by atoms with van der Waals surface area (Å²) in [6.07, 6.45) is 3.77. The lowest BCUT2D eigenvalue weighted by Crippen LogP contribution is -2.39. The Balaban J connectivity index is 2.01. The first kappa shape index (κ1) is 30.8. The van der Waals surface area contributed by atoms with Gasteiger partial charge in [0.2, 0.25) is 0 Å². The molecule has 0 aliphatic carbocycles. The van der Waals surface area contributed by atoms with Crippen LogP contribution >= 0.6 is 15.9 Å². The van der Waals surface area contributed by atoms with Crippen LogP contribution in [0, 0.1) is 5.92 Å². The highest BCUT2D eigenvalue weighted by Crippen LogP contribution is 2.41. The highest BCUT2D eigenvalue weighted by atomic mass is 79.9. The van der Waals surface area contributed by atoms with Gasteiger partial charge in [0.25, 0.3) is 0 Å². The molecular formula is C29H42BrNO6. The van der Waals surface area contributed by atoms with Crippen molar-refractivity contribution in [3.8, 4) is 23.0 Å². The van der Waals surface area contributed by atoms with E-state index < -0.39 is 0 Å². The molecule has 0 aliphatic heterocycles. The van der Waals surface area contributed by atoms with Crippen molar-refractivity contribution < 1.29 is 28.5 Å². The Hall–Kier alpha value is -2.45. The van der Waals surface area contributed by atoms with Gasteiger partial charge >= 0.3 is 5.97 Å². The van der Waals surface area contributed by atoms with E-state index in [0.29, 0.717) is 18.1 Å². The molecule has 37 heavy (non-hydrogen) atoms. The molecular weight excluding hydrogens is 538 g/mol. The molecule has 0 aliphatic rings. The number of hydrogen-bond donors (Lipinski definition) is 1. The molecule has 8 heteroatoms. The first-order valence-corrected chi connectivity index (χ1v) is 13.8. The predicted octanol–water partition coefficient (Wildman–Crippen LogP) is 5.56. The molecule has 2 aromatic rings. The van der Waals surface area contributed by atoms with Crippen LogP contribution in [0.25, 0.3) is 0 Å². The third-order valence-electron chi connectivity index (χ3n) is 6.91. The number of methoxy groups -OCH3 is 4. The van der Waals surface area contributed by atoms with Gasteiger partial charge in [0.05, 0.1) is 28.4 Å². The van der Waals surface area contributed by atoms with E-state index in [1.165, 1.54) is 5.56 Å². The number of esters is 1. The number of carbonyl (C=O) groups is 1. The van der Waals surface area contributed by atoms with Gasteiger partial charge in [-0.15, -0.1) is 0 Å². The van der Waals surface area contributed by atoms with Gasteiger partial charge in [0, 0.05) is 5.41 Å². The van der Waals surface area contributed by atoms with E-state index in [1.54, 1.807) is 28.4 Å². The number of alkyl halides is 1. The fraction of sp³-hybridized carbons (Fsp3) is 0.552. The predicted molar refractivity (Wildman–Crippen MR) is 151 cm³/mol. The Labute approximate surface area is 230 Å². The average molecular weight is 581 g/mol. The number of halogens is 1. The number of benzene rings is 2. The third kappa shape index (κ3) is 8.54. The number of ether oxygens (including phenoxy) is 5. The van der Waals surface area contributed by atoms with E-state index in [1.807, 2.05) is 24.3 Å². The minimum atomic E-state index is -0.349. The van der Waals surface area contributed by atoms with Crippen molar-refractivity contribution in [2.24, 2.45) is 5.92 Å². The lowest BCUT2D eigenvalue weighted by molar-refractivity contribution is -0.143. The summed E-state index contributed by atoms with van der Waals surface area (Å²) in [5.41, 5.74) is 1.95. The minimum absolute atomic E-state index is 0.175. The summed E-state index contributed by atoms with van der Waals surface area (Å²) in [4.78, 5) is 12.0. The van der Waals surface area contributed by atoms with Crippen LogP contribution in [-0.4, -0.2) is 59.4 Å². The highest BCUT2D eigenvalue weighted by Gasteiger charge is 2.37. The second kappa shape index (κ2) is 15.7. The van der Waals surface area contributed by atoms with E-state index in [4.69, 9.17) is 23.7 Å². The molecule has 0 aromatic heterocycles. The molecule has 0 fully saturated rings. The number of nitrogens with one attached hydrogen (secondary N) is 1. The summed E-state index contributed by atoms with van der Waals surface area (Å²) < 4.78 is 27.4. The van der Waals surface area contributed by atoms with E-state index in [-0.39, 0.29) is 22.6 Å². The van der Waals surface area contributed by atoms with Gasteiger partial charge < -0.3 is 29.0 Å². The van der Waals surface area contributed by atoms with E-state index in [0.717, 1.165) is 55.8 Å². The fourth-order valence-electron chi connectivity index (χ4n) is 4.59. The smallest absolute Gasteiger partial charge is 0.316 e. The van der Waals surface area contributed by atoms with E-state index >= 15 is 0 Å². The largest absolute Gasteiger partial charge is 0.493 e. The van der Waals surface area contributed by atoms with Crippen molar-refractivity contribution in [2.75, 3.05) is 53.5 Å². The summed E-state index contributed by atoms with van der Waals surface area (Å²) in [5, 5.41) is 3.75. The number of rotatable bonds is 17. The Bertz CT molecular complexity index is 983. The van der Waals surface area contributed by atoms with Crippen molar-refractivity contribution in [1.29, 1.82) is 0 Å². The van der Waals surface area contributed by atoms with Gasteiger partial charge in [-0.25, -0.2) is 0 Å². The van der Waals surface area contributed by atoms with Crippen molar-refractivity contribution in [3.05, 3.63) is 47.5 Å². The van der Waals surface area contributed by atoms with E-state index in [9.17, 15) is 4.79 Å². The first-order chi connectivity index (χ1) is 17.8. The average Bonchev–Trinajstić information content (AvgIpc) is 2.93. The van der Waals surface area contributed by atoms with Crippen molar-refractivity contribution >= 4 is 21.9 Å². The Morgan fingerprint density at radius 1 is 0.865 bits per heavy atom. The number of carbonyl (C=O) groups excluding carboxylic acids is 1. The zero-order valence-electron chi connectivity index (χ0n) is 23.0. The maximum absolute atomic E-state index is 12.0. The number of hydrogen-bond acceptors (Lipinski definition) is 7. The fourth-order valence-corrected chi connectivity index (χ4v) is 4.75. The van der Waals surface area contributed by atoms with Crippen molar-refractivity contribution in [2.45, 2.75) is 44.9 Å². The van der Waals surface area contributed by atoms with Gasteiger partial charge in [-0.05, 0) is 80.1 Å². The van der Waals surface area contributed by atoms with Gasteiger partial charge in [-0.3, -0.25) is 4.79 Å². The summed E-state index contributed by atoms with van der Waals surface area (Å²) in [6, 6.07) is 12.0. The normalized spacial score (nSPS) is 12.6. The van der Waals surface area contributed by atoms with Crippen LogP contribution in [0.4, 0.5) is 0 Å². The van der Waals surface area contributed by atoms with Crippen LogP contribution < -0.4 is 24.3 Å². The Morgan fingerprint density at radius 2 is 1.46 bits per heavy atom. The molecule has 0 saturated heterocycles. The van der Waals surface area contributed by atoms with Gasteiger partial charge in [-0.2, -0.15) is 0 Å². The molecule has 1 unspecified atom stereocenters. The van der Waals surface area contributed by atoms with Crippen molar-refractivity contribution in [3.63, 3.8) is 0 Å². The summed E-state index contributed by atoms with van der Waals surface area (Å²) in [6.45, 7) is 6.45. The molecule has 0 heterocycles. The zero-order chi connectivity index (χ0) is 27.3. The lowest BCUT2D eigenvalue weighted by atomic mass is 9.69. The van der Waals surface area contributed by atoms with Crippen LogP contribution in [0.1, 0.15) is 44.2 Å². The second-order valence-electron chi connectivity index (χ2n) is 9.32. The molecule has 0 spiro atoms. The summed E-state index contributed by atoms with van der Waals surface area (Å²) in [5.74, 6) is 2.82. The Morgan fingerprint density at radius 3 is 2.05 bits per heavy atom. The van der Waals surface area contributed by atoms with Crippen LogP contribution in [0.5, 0.6) is 23.0 Å². The summed E-state index contributed by atoms with van der Waals surface area (Å²) >= 11 is 3.20. The maximum atomic E-state index is 12.0. The molecule has 0 saturated carbocycles.